The van der Waals surface area contributed by atoms with Gasteiger partial charge in [0.05, 0.1) is 7.11 Å². The van der Waals surface area contributed by atoms with E-state index in [-0.39, 0.29) is 11.6 Å². The maximum Gasteiger partial charge on any atom is 0.130 e. The van der Waals surface area contributed by atoms with E-state index in [1.807, 2.05) is 19.1 Å². The first kappa shape index (κ1) is 17.7. The van der Waals surface area contributed by atoms with Crippen molar-refractivity contribution in [2.75, 3.05) is 38.2 Å². The van der Waals surface area contributed by atoms with Crippen LogP contribution in [0.1, 0.15) is 24.9 Å². The molecule has 25 heavy (non-hydrogen) atoms. The van der Waals surface area contributed by atoms with Crippen LogP contribution in [0.4, 0.5) is 14.5 Å². The third-order valence-corrected chi connectivity index (χ3v) is 4.93. The van der Waals surface area contributed by atoms with Crippen LogP contribution in [0.15, 0.2) is 42.5 Å². The van der Waals surface area contributed by atoms with Crippen LogP contribution in [0.3, 0.4) is 0 Å². The standard InChI is InChI=1S/C20H24F2N2O/c1-15(20-18(21)5-3-6-19(20)22)23-11-4-12-24(14-13-23)16-7-9-17(25-2)10-8-16/h3,5-10,15H,4,11-14H2,1-2H3. The smallest absolute Gasteiger partial charge is 0.130 e. The zero-order valence-corrected chi connectivity index (χ0v) is 14.7. The Morgan fingerprint density at radius 1 is 0.920 bits per heavy atom. The molecule has 0 saturated carbocycles. The SMILES string of the molecule is COc1ccc(N2CCCN(C(C)c3c(F)cccc3F)CC2)cc1. The number of benzene rings is 2. The average Bonchev–Trinajstić information content (AvgIpc) is 2.88. The van der Waals surface area contributed by atoms with Crippen molar-refractivity contribution in [3.63, 3.8) is 0 Å². The largest absolute Gasteiger partial charge is 0.497 e. The number of hydrogen-bond acceptors (Lipinski definition) is 3. The maximum atomic E-state index is 14.1. The fourth-order valence-electron chi connectivity index (χ4n) is 3.47. The number of ether oxygens (including phenoxy) is 1. The van der Waals surface area contributed by atoms with Crippen molar-refractivity contribution in [1.82, 2.24) is 4.90 Å². The highest BCUT2D eigenvalue weighted by atomic mass is 19.1. The van der Waals surface area contributed by atoms with E-state index in [1.54, 1.807) is 7.11 Å². The highest BCUT2D eigenvalue weighted by Crippen LogP contribution is 2.28. The number of rotatable bonds is 4. The molecule has 0 amide bonds. The molecule has 0 radical (unpaired) electrons. The van der Waals surface area contributed by atoms with Crippen molar-refractivity contribution in [2.24, 2.45) is 0 Å². The minimum absolute atomic E-state index is 0.167. The highest BCUT2D eigenvalue weighted by molar-refractivity contribution is 5.49. The Kier molecular flexibility index (Phi) is 5.53. The molecule has 0 N–H and O–H groups in total. The van der Waals surface area contributed by atoms with Crippen LogP contribution in [-0.4, -0.2) is 38.2 Å². The number of methoxy groups -OCH3 is 1. The molecule has 1 heterocycles. The molecule has 3 rings (SSSR count). The average molecular weight is 346 g/mol. The monoisotopic (exact) mass is 346 g/mol. The van der Waals surface area contributed by atoms with Gasteiger partial charge in [-0.2, -0.15) is 0 Å². The summed E-state index contributed by atoms with van der Waals surface area (Å²) in [6, 6.07) is 11.8. The molecular formula is C20H24F2N2O. The molecule has 1 atom stereocenters. The van der Waals surface area contributed by atoms with Crippen molar-refractivity contribution in [2.45, 2.75) is 19.4 Å². The molecule has 1 fully saturated rings. The minimum Gasteiger partial charge on any atom is -0.497 e. The van der Waals surface area contributed by atoms with Gasteiger partial charge in [0.25, 0.3) is 0 Å². The molecule has 1 aliphatic heterocycles. The number of nitrogens with zero attached hydrogens (tertiary/aromatic N) is 2. The summed E-state index contributed by atoms with van der Waals surface area (Å²) in [5.41, 5.74) is 1.31. The summed E-state index contributed by atoms with van der Waals surface area (Å²) in [5.74, 6) is -0.101. The van der Waals surface area contributed by atoms with Crippen molar-refractivity contribution in [3.05, 3.63) is 59.7 Å². The van der Waals surface area contributed by atoms with Gasteiger partial charge in [0, 0.05) is 43.5 Å². The summed E-state index contributed by atoms with van der Waals surface area (Å²) < 4.78 is 33.4. The van der Waals surface area contributed by atoms with Gasteiger partial charge in [-0.15, -0.1) is 0 Å². The van der Waals surface area contributed by atoms with E-state index < -0.39 is 11.6 Å². The first-order valence-corrected chi connectivity index (χ1v) is 8.67. The van der Waals surface area contributed by atoms with Crippen molar-refractivity contribution >= 4 is 5.69 Å². The van der Waals surface area contributed by atoms with Crippen LogP contribution < -0.4 is 9.64 Å². The van der Waals surface area contributed by atoms with Crippen LogP contribution in [0.2, 0.25) is 0 Å². The van der Waals surface area contributed by atoms with Gasteiger partial charge in [-0.25, -0.2) is 8.78 Å². The highest BCUT2D eigenvalue weighted by Gasteiger charge is 2.24. The van der Waals surface area contributed by atoms with Gasteiger partial charge in [-0.3, -0.25) is 4.90 Å². The second-order valence-corrected chi connectivity index (χ2v) is 6.39. The molecule has 2 aromatic rings. The van der Waals surface area contributed by atoms with Crippen molar-refractivity contribution < 1.29 is 13.5 Å². The van der Waals surface area contributed by atoms with Crippen molar-refractivity contribution in [1.29, 1.82) is 0 Å². The molecule has 0 bridgehead atoms. The normalized spacial score (nSPS) is 17.2. The lowest BCUT2D eigenvalue weighted by Gasteiger charge is -2.29. The second-order valence-electron chi connectivity index (χ2n) is 6.39. The van der Waals surface area contributed by atoms with Crippen LogP contribution in [0.25, 0.3) is 0 Å². The number of anilines is 1. The number of halogens is 2. The van der Waals surface area contributed by atoms with Crippen LogP contribution in [0.5, 0.6) is 5.75 Å². The zero-order valence-electron chi connectivity index (χ0n) is 14.7. The Morgan fingerprint density at radius 2 is 1.60 bits per heavy atom. The molecule has 0 aromatic heterocycles. The van der Waals surface area contributed by atoms with E-state index in [0.717, 1.165) is 44.0 Å². The van der Waals surface area contributed by atoms with E-state index in [4.69, 9.17) is 4.74 Å². The van der Waals surface area contributed by atoms with Gasteiger partial charge in [-0.1, -0.05) is 6.07 Å². The molecule has 0 spiro atoms. The molecule has 1 unspecified atom stereocenters. The maximum absolute atomic E-state index is 14.1. The summed E-state index contributed by atoms with van der Waals surface area (Å²) in [6.07, 6.45) is 0.951. The summed E-state index contributed by atoms with van der Waals surface area (Å²) in [4.78, 5) is 4.47. The first-order chi connectivity index (χ1) is 12.1. The van der Waals surface area contributed by atoms with Crippen molar-refractivity contribution in [3.8, 4) is 5.75 Å². The molecule has 0 aliphatic carbocycles. The Hall–Kier alpha value is -2.14. The predicted molar refractivity (Wildman–Crippen MR) is 96.2 cm³/mol. The van der Waals surface area contributed by atoms with E-state index in [2.05, 4.69) is 21.9 Å². The molecule has 134 valence electrons. The Labute approximate surface area is 147 Å². The van der Waals surface area contributed by atoms with Gasteiger partial charge < -0.3 is 9.64 Å². The molecule has 3 nitrogen and oxygen atoms in total. The fraction of sp³-hybridized carbons (Fsp3) is 0.400. The Balaban J connectivity index is 1.70. The van der Waals surface area contributed by atoms with Gasteiger partial charge >= 0.3 is 0 Å². The third-order valence-electron chi connectivity index (χ3n) is 4.93. The summed E-state index contributed by atoms with van der Waals surface area (Å²) in [5, 5.41) is 0. The lowest BCUT2D eigenvalue weighted by Crippen LogP contribution is -2.33. The molecule has 1 saturated heterocycles. The van der Waals surface area contributed by atoms with Crippen LogP contribution in [-0.2, 0) is 0 Å². The van der Waals surface area contributed by atoms with Gasteiger partial charge in [0.2, 0.25) is 0 Å². The second kappa shape index (κ2) is 7.83. The Bertz CT molecular complexity index is 685. The number of hydrogen-bond donors (Lipinski definition) is 0. The van der Waals surface area contributed by atoms with E-state index >= 15 is 0 Å². The first-order valence-electron chi connectivity index (χ1n) is 8.67. The molecule has 5 heteroatoms. The summed E-state index contributed by atoms with van der Waals surface area (Å²) in [7, 11) is 1.65. The molecule has 1 aliphatic rings. The van der Waals surface area contributed by atoms with Crippen LogP contribution in [0, 0.1) is 11.6 Å². The quantitative estimate of drug-likeness (QED) is 0.823. The van der Waals surface area contributed by atoms with E-state index in [1.165, 1.54) is 18.2 Å². The fourth-order valence-corrected chi connectivity index (χ4v) is 3.47. The zero-order chi connectivity index (χ0) is 17.8. The Morgan fingerprint density at radius 3 is 2.24 bits per heavy atom. The van der Waals surface area contributed by atoms with Gasteiger partial charge in [-0.05, 0) is 49.7 Å². The molecular weight excluding hydrogens is 322 g/mol. The topological polar surface area (TPSA) is 15.7 Å². The third kappa shape index (κ3) is 3.93. The lowest BCUT2D eigenvalue weighted by atomic mass is 10.1. The van der Waals surface area contributed by atoms with E-state index in [0.29, 0.717) is 0 Å². The van der Waals surface area contributed by atoms with Crippen LogP contribution >= 0.6 is 0 Å². The predicted octanol–water partition coefficient (Wildman–Crippen LogP) is 4.25. The minimum atomic E-state index is -0.469. The summed E-state index contributed by atoms with van der Waals surface area (Å²) >= 11 is 0. The van der Waals surface area contributed by atoms with Gasteiger partial charge in [0.15, 0.2) is 0 Å². The lowest BCUT2D eigenvalue weighted by molar-refractivity contribution is 0.217. The van der Waals surface area contributed by atoms with E-state index in [9.17, 15) is 8.78 Å². The van der Waals surface area contributed by atoms with Gasteiger partial charge in [0.1, 0.15) is 17.4 Å². The summed E-state index contributed by atoms with van der Waals surface area (Å²) in [6.45, 7) is 5.22. The molecule has 2 aromatic carbocycles.